The molecule has 0 saturated carbocycles. The van der Waals surface area contributed by atoms with Crippen LogP contribution in [-0.4, -0.2) is 38.3 Å². The predicted molar refractivity (Wildman–Crippen MR) is 114 cm³/mol. The SMILES string of the molecule is CCOc1ccc(S(=O)(=O)N2CCC(C(=O)Nc3cccc(CC)c3)CC2)cc1. The van der Waals surface area contributed by atoms with Crippen LogP contribution in [0.5, 0.6) is 5.75 Å². The first-order valence-electron chi connectivity index (χ1n) is 10.1. The Morgan fingerprint density at radius 1 is 1.10 bits per heavy atom. The first-order chi connectivity index (χ1) is 13.9. The Balaban J connectivity index is 1.59. The molecule has 0 bridgehead atoms. The highest BCUT2D eigenvalue weighted by molar-refractivity contribution is 7.89. The van der Waals surface area contributed by atoms with Crippen LogP contribution in [0.3, 0.4) is 0 Å². The molecule has 0 radical (unpaired) electrons. The minimum Gasteiger partial charge on any atom is -0.494 e. The summed E-state index contributed by atoms with van der Waals surface area (Å²) < 4.78 is 32.6. The number of carbonyl (C=O) groups is 1. The van der Waals surface area contributed by atoms with Gasteiger partial charge in [-0.1, -0.05) is 19.1 Å². The maximum atomic E-state index is 12.9. The van der Waals surface area contributed by atoms with Crippen molar-refractivity contribution in [1.29, 1.82) is 0 Å². The number of carbonyl (C=O) groups excluding carboxylic acids is 1. The van der Waals surface area contributed by atoms with Crippen molar-refractivity contribution >= 4 is 21.6 Å². The van der Waals surface area contributed by atoms with Gasteiger partial charge in [0.15, 0.2) is 0 Å². The number of amides is 1. The summed E-state index contributed by atoms with van der Waals surface area (Å²) in [6, 6.07) is 14.3. The number of benzene rings is 2. The van der Waals surface area contributed by atoms with Crippen LogP contribution in [0.1, 0.15) is 32.3 Å². The molecule has 0 aliphatic carbocycles. The Hall–Kier alpha value is -2.38. The van der Waals surface area contributed by atoms with Gasteiger partial charge in [0.25, 0.3) is 0 Å². The van der Waals surface area contributed by atoms with Gasteiger partial charge in [-0.3, -0.25) is 4.79 Å². The minimum absolute atomic E-state index is 0.0450. The summed E-state index contributed by atoms with van der Waals surface area (Å²) in [6.45, 7) is 5.16. The number of anilines is 1. The van der Waals surface area contributed by atoms with Gasteiger partial charge in [0.05, 0.1) is 11.5 Å². The van der Waals surface area contributed by atoms with Gasteiger partial charge in [0.1, 0.15) is 5.75 Å². The van der Waals surface area contributed by atoms with Gasteiger partial charge in [0, 0.05) is 24.7 Å². The second kappa shape index (κ2) is 9.41. The largest absolute Gasteiger partial charge is 0.494 e. The number of hydrogen-bond acceptors (Lipinski definition) is 4. The third-order valence-electron chi connectivity index (χ3n) is 5.20. The van der Waals surface area contributed by atoms with E-state index in [2.05, 4.69) is 12.2 Å². The lowest BCUT2D eigenvalue weighted by atomic mass is 9.97. The average Bonchev–Trinajstić information content (AvgIpc) is 2.74. The fraction of sp³-hybridized carbons (Fsp3) is 0.409. The third-order valence-corrected chi connectivity index (χ3v) is 7.11. The van der Waals surface area contributed by atoms with Gasteiger partial charge in [-0.05, 0) is 68.1 Å². The minimum atomic E-state index is -3.56. The Morgan fingerprint density at radius 3 is 2.41 bits per heavy atom. The highest BCUT2D eigenvalue weighted by Crippen LogP contribution is 2.26. The van der Waals surface area contributed by atoms with Gasteiger partial charge in [-0.25, -0.2) is 8.42 Å². The molecule has 3 rings (SSSR count). The molecule has 0 aromatic heterocycles. The molecule has 156 valence electrons. The van der Waals surface area contributed by atoms with E-state index < -0.39 is 10.0 Å². The quantitative estimate of drug-likeness (QED) is 0.747. The standard InChI is InChI=1S/C22H28N2O4S/c1-3-17-6-5-7-19(16-17)23-22(25)18-12-14-24(15-13-18)29(26,27)21-10-8-20(9-11-21)28-4-2/h5-11,16,18H,3-4,12-15H2,1-2H3,(H,23,25). The van der Waals surface area contributed by atoms with Crippen molar-refractivity contribution in [2.75, 3.05) is 25.0 Å². The summed E-state index contributed by atoms with van der Waals surface area (Å²) in [5.74, 6) is 0.414. The van der Waals surface area contributed by atoms with E-state index in [1.807, 2.05) is 31.2 Å². The molecule has 1 aliphatic heterocycles. The van der Waals surface area contributed by atoms with Crippen molar-refractivity contribution in [3.05, 3.63) is 54.1 Å². The Kier molecular flexibility index (Phi) is 6.92. The molecule has 1 amide bonds. The summed E-state index contributed by atoms with van der Waals surface area (Å²) in [4.78, 5) is 12.8. The van der Waals surface area contributed by atoms with Crippen LogP contribution in [0.2, 0.25) is 0 Å². The van der Waals surface area contributed by atoms with Crippen LogP contribution in [0.4, 0.5) is 5.69 Å². The third kappa shape index (κ3) is 5.16. The molecule has 2 aromatic rings. The normalized spacial score (nSPS) is 15.8. The molecule has 1 fully saturated rings. The molecule has 1 N–H and O–H groups in total. The molecule has 0 atom stereocenters. The van der Waals surface area contributed by atoms with Crippen molar-refractivity contribution in [3.8, 4) is 5.75 Å². The van der Waals surface area contributed by atoms with Gasteiger partial charge in [-0.15, -0.1) is 0 Å². The maximum absolute atomic E-state index is 12.9. The first kappa shape index (κ1) is 21.3. The molecular weight excluding hydrogens is 388 g/mol. The van der Waals surface area contributed by atoms with Crippen LogP contribution >= 0.6 is 0 Å². The summed E-state index contributed by atoms with van der Waals surface area (Å²) in [5.41, 5.74) is 1.96. The number of nitrogens with zero attached hydrogens (tertiary/aromatic N) is 1. The lowest BCUT2D eigenvalue weighted by Crippen LogP contribution is -2.41. The summed E-state index contributed by atoms with van der Waals surface area (Å²) in [5, 5.41) is 2.97. The molecule has 0 unspecified atom stereocenters. The molecular formula is C22H28N2O4S. The number of rotatable bonds is 7. The zero-order chi connectivity index (χ0) is 20.9. The second-order valence-electron chi connectivity index (χ2n) is 7.13. The zero-order valence-electron chi connectivity index (χ0n) is 16.9. The molecule has 1 aliphatic rings. The smallest absolute Gasteiger partial charge is 0.243 e. The van der Waals surface area contributed by atoms with E-state index in [4.69, 9.17) is 4.74 Å². The molecule has 1 heterocycles. The second-order valence-corrected chi connectivity index (χ2v) is 9.06. The van der Waals surface area contributed by atoms with E-state index in [0.717, 1.165) is 12.1 Å². The fourth-order valence-electron chi connectivity index (χ4n) is 3.50. The Bertz CT molecular complexity index is 934. The van der Waals surface area contributed by atoms with Crippen LogP contribution in [0.15, 0.2) is 53.4 Å². The summed E-state index contributed by atoms with van der Waals surface area (Å²) in [7, 11) is -3.56. The van der Waals surface area contributed by atoms with Crippen LogP contribution < -0.4 is 10.1 Å². The van der Waals surface area contributed by atoms with Gasteiger partial charge in [-0.2, -0.15) is 4.31 Å². The van der Waals surface area contributed by atoms with Crippen LogP contribution in [0, 0.1) is 5.92 Å². The van der Waals surface area contributed by atoms with Gasteiger partial charge in [0.2, 0.25) is 15.9 Å². The van der Waals surface area contributed by atoms with E-state index in [1.54, 1.807) is 24.3 Å². The number of hydrogen-bond donors (Lipinski definition) is 1. The number of nitrogens with one attached hydrogen (secondary N) is 1. The van der Waals surface area contributed by atoms with Crippen molar-refractivity contribution in [2.24, 2.45) is 5.92 Å². The van der Waals surface area contributed by atoms with Crippen molar-refractivity contribution in [3.63, 3.8) is 0 Å². The topological polar surface area (TPSA) is 75.7 Å². The van der Waals surface area contributed by atoms with E-state index in [0.29, 0.717) is 38.3 Å². The van der Waals surface area contributed by atoms with Crippen molar-refractivity contribution in [1.82, 2.24) is 4.31 Å². The van der Waals surface area contributed by atoms with Crippen LogP contribution in [0.25, 0.3) is 0 Å². The predicted octanol–water partition coefficient (Wildman–Crippen LogP) is 3.69. The summed E-state index contributed by atoms with van der Waals surface area (Å²) >= 11 is 0. The average molecular weight is 417 g/mol. The maximum Gasteiger partial charge on any atom is 0.243 e. The highest BCUT2D eigenvalue weighted by Gasteiger charge is 2.32. The fourth-order valence-corrected chi connectivity index (χ4v) is 4.96. The first-order valence-corrected chi connectivity index (χ1v) is 11.5. The zero-order valence-corrected chi connectivity index (χ0v) is 17.7. The van der Waals surface area contributed by atoms with E-state index in [-0.39, 0.29) is 16.7 Å². The molecule has 6 nitrogen and oxygen atoms in total. The monoisotopic (exact) mass is 416 g/mol. The molecule has 1 saturated heterocycles. The van der Waals surface area contributed by atoms with Crippen LogP contribution in [-0.2, 0) is 21.2 Å². The lowest BCUT2D eigenvalue weighted by molar-refractivity contribution is -0.120. The summed E-state index contributed by atoms with van der Waals surface area (Å²) in [6.07, 6.45) is 1.93. The molecule has 29 heavy (non-hydrogen) atoms. The van der Waals surface area contributed by atoms with Crippen molar-refractivity contribution < 1.29 is 17.9 Å². The van der Waals surface area contributed by atoms with Crippen molar-refractivity contribution in [2.45, 2.75) is 38.0 Å². The van der Waals surface area contributed by atoms with Gasteiger partial charge >= 0.3 is 0 Å². The number of sulfonamides is 1. The van der Waals surface area contributed by atoms with E-state index >= 15 is 0 Å². The Morgan fingerprint density at radius 2 is 1.79 bits per heavy atom. The van der Waals surface area contributed by atoms with Gasteiger partial charge < -0.3 is 10.1 Å². The van der Waals surface area contributed by atoms with E-state index in [1.165, 1.54) is 9.87 Å². The van der Waals surface area contributed by atoms with E-state index in [9.17, 15) is 13.2 Å². The number of piperidine rings is 1. The molecule has 2 aromatic carbocycles. The number of aryl methyl sites for hydroxylation is 1. The lowest BCUT2D eigenvalue weighted by Gasteiger charge is -2.30. The Labute approximate surface area is 172 Å². The molecule has 7 heteroatoms. The molecule has 0 spiro atoms. The highest BCUT2D eigenvalue weighted by atomic mass is 32.2. The number of ether oxygens (including phenoxy) is 1.